The number of hydrogen-bond acceptors (Lipinski definition) is 1. The number of halogens is 2. The molecule has 1 aromatic carbocycles. The minimum atomic E-state index is 0.189. The Labute approximate surface area is 106 Å². The second kappa shape index (κ2) is 4.77. The number of hydrogen-bond donors (Lipinski definition) is 0. The zero-order chi connectivity index (χ0) is 11.7. The van der Waals surface area contributed by atoms with E-state index in [9.17, 15) is 4.79 Å². The van der Waals surface area contributed by atoms with Gasteiger partial charge in [0.05, 0.1) is 10.0 Å². The van der Waals surface area contributed by atoms with Gasteiger partial charge in [0, 0.05) is 12.3 Å². The standard InChI is InChI=1S/C13H14Cl2O/c1-8(10-3-4-10)13(16)7-9-2-5-11(14)12(15)6-9/h2,5-6,8,10H,3-4,7H2,1H3. The van der Waals surface area contributed by atoms with Crippen molar-refractivity contribution in [3.05, 3.63) is 33.8 Å². The Morgan fingerprint density at radius 3 is 2.62 bits per heavy atom. The van der Waals surface area contributed by atoms with Crippen molar-refractivity contribution in [1.29, 1.82) is 0 Å². The fourth-order valence-corrected chi connectivity index (χ4v) is 2.19. The second-order valence-corrected chi connectivity index (χ2v) is 5.33. The zero-order valence-electron chi connectivity index (χ0n) is 9.17. The maximum Gasteiger partial charge on any atom is 0.140 e. The highest BCUT2D eigenvalue weighted by Crippen LogP contribution is 2.37. The van der Waals surface area contributed by atoms with Crippen LogP contribution < -0.4 is 0 Å². The predicted molar refractivity (Wildman–Crippen MR) is 67.1 cm³/mol. The molecule has 3 heteroatoms. The Hall–Kier alpha value is -0.530. The highest BCUT2D eigenvalue weighted by Gasteiger charge is 2.32. The summed E-state index contributed by atoms with van der Waals surface area (Å²) >= 11 is 11.7. The Bertz CT molecular complexity index is 410. The molecule has 1 unspecified atom stereocenters. The Morgan fingerprint density at radius 1 is 1.38 bits per heavy atom. The molecule has 2 rings (SSSR count). The van der Waals surface area contributed by atoms with Crippen LogP contribution >= 0.6 is 23.2 Å². The van der Waals surface area contributed by atoms with Gasteiger partial charge >= 0.3 is 0 Å². The predicted octanol–water partition coefficient (Wildman–Crippen LogP) is 4.15. The molecule has 1 aliphatic carbocycles. The smallest absolute Gasteiger partial charge is 0.140 e. The van der Waals surface area contributed by atoms with E-state index in [4.69, 9.17) is 23.2 Å². The Balaban J connectivity index is 2.02. The molecule has 0 amide bonds. The Morgan fingerprint density at radius 2 is 2.06 bits per heavy atom. The number of Topliss-reactive ketones (excluding diaryl/α,β-unsaturated/α-hetero) is 1. The molecular weight excluding hydrogens is 243 g/mol. The third-order valence-electron chi connectivity index (χ3n) is 3.20. The van der Waals surface area contributed by atoms with Crippen LogP contribution in [0.4, 0.5) is 0 Å². The summed E-state index contributed by atoms with van der Waals surface area (Å²) in [5.41, 5.74) is 0.951. The van der Waals surface area contributed by atoms with Crippen molar-refractivity contribution >= 4 is 29.0 Å². The first-order valence-corrected chi connectivity index (χ1v) is 6.30. The SMILES string of the molecule is CC(C(=O)Cc1ccc(Cl)c(Cl)c1)C1CC1. The van der Waals surface area contributed by atoms with Crippen LogP contribution in [0.25, 0.3) is 0 Å². The largest absolute Gasteiger partial charge is 0.299 e. The number of rotatable bonds is 4. The number of ketones is 1. The normalized spacial score (nSPS) is 17.2. The molecule has 16 heavy (non-hydrogen) atoms. The topological polar surface area (TPSA) is 17.1 Å². The summed E-state index contributed by atoms with van der Waals surface area (Å²) in [5, 5.41) is 1.05. The summed E-state index contributed by atoms with van der Waals surface area (Å²) in [4.78, 5) is 11.9. The van der Waals surface area contributed by atoms with Gasteiger partial charge in [-0.05, 0) is 36.5 Å². The summed E-state index contributed by atoms with van der Waals surface area (Å²) in [6, 6.07) is 5.39. The van der Waals surface area contributed by atoms with Crippen LogP contribution in [0.2, 0.25) is 10.0 Å². The third-order valence-corrected chi connectivity index (χ3v) is 3.94. The number of carbonyl (C=O) groups excluding carboxylic acids is 1. The lowest BCUT2D eigenvalue weighted by atomic mass is 9.95. The molecule has 1 aliphatic rings. The molecule has 1 nitrogen and oxygen atoms in total. The van der Waals surface area contributed by atoms with Gasteiger partial charge in [0.1, 0.15) is 5.78 Å². The van der Waals surface area contributed by atoms with Gasteiger partial charge in [0.15, 0.2) is 0 Å². The van der Waals surface area contributed by atoms with Crippen molar-refractivity contribution in [2.24, 2.45) is 11.8 Å². The van der Waals surface area contributed by atoms with Crippen molar-refractivity contribution in [2.45, 2.75) is 26.2 Å². The lowest BCUT2D eigenvalue weighted by Gasteiger charge is -2.09. The highest BCUT2D eigenvalue weighted by molar-refractivity contribution is 6.42. The minimum Gasteiger partial charge on any atom is -0.299 e. The molecule has 0 spiro atoms. The first-order chi connectivity index (χ1) is 7.58. The van der Waals surface area contributed by atoms with Gasteiger partial charge in [-0.15, -0.1) is 0 Å². The van der Waals surface area contributed by atoms with E-state index in [1.54, 1.807) is 12.1 Å². The Kier molecular flexibility index (Phi) is 3.56. The van der Waals surface area contributed by atoms with E-state index in [2.05, 4.69) is 0 Å². The molecule has 0 aromatic heterocycles. The van der Waals surface area contributed by atoms with Gasteiger partial charge < -0.3 is 0 Å². The van der Waals surface area contributed by atoms with Gasteiger partial charge in [-0.25, -0.2) is 0 Å². The molecular formula is C13H14Cl2O. The van der Waals surface area contributed by atoms with Gasteiger partial charge in [-0.3, -0.25) is 4.79 Å². The lowest BCUT2D eigenvalue weighted by molar-refractivity contribution is -0.122. The minimum absolute atomic E-state index is 0.189. The van der Waals surface area contributed by atoms with Crippen molar-refractivity contribution in [2.75, 3.05) is 0 Å². The van der Waals surface area contributed by atoms with Crippen LogP contribution in [0.15, 0.2) is 18.2 Å². The summed E-state index contributed by atoms with van der Waals surface area (Å²) in [6.07, 6.45) is 2.87. The van der Waals surface area contributed by atoms with Crippen LogP contribution in [-0.4, -0.2) is 5.78 Å². The number of benzene rings is 1. The van der Waals surface area contributed by atoms with E-state index in [1.807, 2.05) is 13.0 Å². The molecule has 0 aliphatic heterocycles. The average molecular weight is 257 g/mol. The molecule has 0 saturated heterocycles. The molecule has 0 heterocycles. The van der Waals surface area contributed by atoms with Gasteiger partial charge in [0.25, 0.3) is 0 Å². The second-order valence-electron chi connectivity index (χ2n) is 4.52. The van der Waals surface area contributed by atoms with Gasteiger partial charge in [0.2, 0.25) is 0 Å². The van der Waals surface area contributed by atoms with Crippen LogP contribution in [0.5, 0.6) is 0 Å². The molecule has 1 atom stereocenters. The maximum absolute atomic E-state index is 11.9. The van der Waals surface area contributed by atoms with E-state index in [1.165, 1.54) is 12.8 Å². The van der Waals surface area contributed by atoms with Crippen molar-refractivity contribution < 1.29 is 4.79 Å². The molecule has 0 bridgehead atoms. The van der Waals surface area contributed by atoms with Crippen LogP contribution in [0.1, 0.15) is 25.3 Å². The van der Waals surface area contributed by atoms with Crippen molar-refractivity contribution in [3.63, 3.8) is 0 Å². The first-order valence-electron chi connectivity index (χ1n) is 5.54. The highest BCUT2D eigenvalue weighted by atomic mass is 35.5. The average Bonchev–Trinajstić information content (AvgIpc) is 3.06. The van der Waals surface area contributed by atoms with E-state index < -0.39 is 0 Å². The molecule has 1 fully saturated rings. The fourth-order valence-electron chi connectivity index (χ4n) is 1.87. The summed E-state index contributed by atoms with van der Waals surface area (Å²) in [6.45, 7) is 2.03. The van der Waals surface area contributed by atoms with Gasteiger partial charge in [-0.2, -0.15) is 0 Å². The maximum atomic E-state index is 11.9. The van der Waals surface area contributed by atoms with Gasteiger partial charge in [-0.1, -0.05) is 36.2 Å². The van der Waals surface area contributed by atoms with Crippen LogP contribution in [-0.2, 0) is 11.2 Å². The molecule has 0 radical (unpaired) electrons. The van der Waals surface area contributed by atoms with E-state index in [-0.39, 0.29) is 5.92 Å². The van der Waals surface area contributed by atoms with Crippen molar-refractivity contribution in [1.82, 2.24) is 0 Å². The third kappa shape index (κ3) is 2.78. The molecule has 0 N–H and O–H groups in total. The zero-order valence-corrected chi connectivity index (χ0v) is 10.7. The molecule has 1 saturated carbocycles. The monoisotopic (exact) mass is 256 g/mol. The summed E-state index contributed by atoms with van der Waals surface area (Å²) in [5.74, 6) is 1.12. The molecule has 86 valence electrons. The van der Waals surface area contributed by atoms with Crippen LogP contribution in [0.3, 0.4) is 0 Å². The van der Waals surface area contributed by atoms with Crippen LogP contribution in [0, 0.1) is 11.8 Å². The van der Waals surface area contributed by atoms with Crippen molar-refractivity contribution in [3.8, 4) is 0 Å². The lowest BCUT2D eigenvalue weighted by Crippen LogP contribution is -2.15. The summed E-state index contributed by atoms with van der Waals surface area (Å²) < 4.78 is 0. The number of carbonyl (C=O) groups is 1. The van der Waals surface area contributed by atoms with E-state index in [0.717, 1.165) is 5.56 Å². The quantitative estimate of drug-likeness (QED) is 0.791. The fraction of sp³-hybridized carbons (Fsp3) is 0.462. The van der Waals surface area contributed by atoms with E-state index in [0.29, 0.717) is 28.2 Å². The molecule has 1 aromatic rings. The summed E-state index contributed by atoms with van der Waals surface area (Å²) in [7, 11) is 0. The van der Waals surface area contributed by atoms with E-state index >= 15 is 0 Å². The first kappa shape index (κ1) is 11.9.